The molecule has 0 heterocycles. The van der Waals surface area contributed by atoms with Crippen molar-refractivity contribution in [3.8, 4) is 0 Å². The van der Waals surface area contributed by atoms with Crippen molar-refractivity contribution in [1.29, 1.82) is 0 Å². The zero-order valence-corrected chi connectivity index (χ0v) is 11.7. The summed E-state index contributed by atoms with van der Waals surface area (Å²) < 4.78 is 27.5. The molecule has 1 atom stereocenters. The van der Waals surface area contributed by atoms with Gasteiger partial charge in [-0.15, -0.1) is 0 Å². The maximum absolute atomic E-state index is 12.3. The van der Waals surface area contributed by atoms with E-state index < -0.39 is 10.0 Å². The van der Waals surface area contributed by atoms with Crippen LogP contribution in [0.5, 0.6) is 0 Å². The van der Waals surface area contributed by atoms with E-state index in [-0.39, 0.29) is 12.1 Å². The summed E-state index contributed by atoms with van der Waals surface area (Å²) >= 11 is 0. The van der Waals surface area contributed by atoms with Gasteiger partial charge < -0.3 is 5.73 Å². The average molecular weight is 280 g/mol. The van der Waals surface area contributed by atoms with Crippen LogP contribution in [0.3, 0.4) is 0 Å². The van der Waals surface area contributed by atoms with E-state index in [1.807, 2.05) is 6.07 Å². The van der Waals surface area contributed by atoms with Gasteiger partial charge in [-0.2, -0.15) is 0 Å². The molecule has 1 aromatic rings. The van der Waals surface area contributed by atoms with Crippen LogP contribution in [0.4, 0.5) is 0 Å². The lowest BCUT2D eigenvalue weighted by molar-refractivity contribution is 0.552. The van der Waals surface area contributed by atoms with Gasteiger partial charge in [-0.3, -0.25) is 0 Å². The van der Waals surface area contributed by atoms with E-state index >= 15 is 0 Å². The van der Waals surface area contributed by atoms with Crippen molar-refractivity contribution >= 4 is 10.0 Å². The molecular weight excluding hydrogens is 260 g/mol. The molecule has 3 N–H and O–H groups in total. The van der Waals surface area contributed by atoms with Gasteiger partial charge in [-0.05, 0) is 48.9 Å². The lowest BCUT2D eigenvalue weighted by Gasteiger charge is -2.13. The highest BCUT2D eigenvalue weighted by molar-refractivity contribution is 7.89. The smallest absolute Gasteiger partial charge is 0.240 e. The minimum absolute atomic E-state index is 0.112. The van der Waals surface area contributed by atoms with Gasteiger partial charge in [0, 0.05) is 12.1 Å². The molecule has 1 aromatic carbocycles. The summed E-state index contributed by atoms with van der Waals surface area (Å²) in [7, 11) is -3.37. The van der Waals surface area contributed by atoms with Crippen LogP contribution < -0.4 is 10.5 Å². The summed E-state index contributed by atoms with van der Waals surface area (Å²) in [5.41, 5.74) is 8.18. The van der Waals surface area contributed by atoms with Gasteiger partial charge in [0.25, 0.3) is 0 Å². The Hall–Kier alpha value is -0.910. The number of hydrogen-bond donors (Lipinski definition) is 2. The molecule has 0 radical (unpaired) electrons. The van der Waals surface area contributed by atoms with Crippen molar-refractivity contribution in [1.82, 2.24) is 4.72 Å². The number of rotatable bonds is 3. The highest BCUT2D eigenvalue weighted by Crippen LogP contribution is 2.25. The number of nitrogens with two attached hydrogens (primary N) is 1. The van der Waals surface area contributed by atoms with E-state index in [4.69, 9.17) is 5.73 Å². The molecule has 104 valence electrons. The number of hydrogen-bond acceptors (Lipinski definition) is 3. The van der Waals surface area contributed by atoms with E-state index in [0.29, 0.717) is 4.90 Å². The molecule has 5 heteroatoms. The van der Waals surface area contributed by atoms with Crippen molar-refractivity contribution in [2.45, 2.75) is 55.5 Å². The molecule has 3 rings (SSSR count). The van der Waals surface area contributed by atoms with Crippen LogP contribution in [0.15, 0.2) is 23.1 Å². The van der Waals surface area contributed by atoms with Crippen LogP contribution in [-0.2, 0) is 22.9 Å². The third kappa shape index (κ3) is 2.68. The Bertz CT molecular complexity index is 577. The fourth-order valence-electron chi connectivity index (χ4n) is 3.13. The standard InChI is InChI=1S/C14H20N2O2S/c15-12-7-10-5-6-14(9-11(10)8-12)19(17,18)16-13-3-1-2-4-13/h5-6,9,12-13,16H,1-4,7-8,15H2. The minimum Gasteiger partial charge on any atom is -0.327 e. The second-order valence-corrected chi connectivity index (χ2v) is 7.42. The predicted octanol–water partition coefficient (Wildman–Crippen LogP) is 1.33. The SMILES string of the molecule is NC1Cc2ccc(S(=O)(=O)NC3CCCC3)cc2C1. The van der Waals surface area contributed by atoms with Crippen LogP contribution in [0.25, 0.3) is 0 Å². The summed E-state index contributed by atoms with van der Waals surface area (Å²) in [6.07, 6.45) is 5.77. The number of fused-ring (bicyclic) bond motifs is 1. The lowest BCUT2D eigenvalue weighted by Crippen LogP contribution is -2.32. The summed E-state index contributed by atoms with van der Waals surface area (Å²) in [5, 5.41) is 0. The number of sulfonamides is 1. The van der Waals surface area contributed by atoms with E-state index in [1.54, 1.807) is 12.1 Å². The number of nitrogens with one attached hydrogen (secondary N) is 1. The Morgan fingerprint density at radius 1 is 1.11 bits per heavy atom. The van der Waals surface area contributed by atoms with Crippen LogP contribution in [-0.4, -0.2) is 20.5 Å². The molecule has 0 saturated heterocycles. The van der Waals surface area contributed by atoms with Crippen LogP contribution in [0, 0.1) is 0 Å². The lowest BCUT2D eigenvalue weighted by atomic mass is 10.1. The fraction of sp³-hybridized carbons (Fsp3) is 0.571. The summed E-state index contributed by atoms with van der Waals surface area (Å²) in [5.74, 6) is 0. The first kappa shape index (κ1) is 13.1. The molecule has 19 heavy (non-hydrogen) atoms. The molecule has 2 aliphatic carbocycles. The van der Waals surface area contributed by atoms with Crippen LogP contribution in [0.1, 0.15) is 36.8 Å². The van der Waals surface area contributed by atoms with E-state index in [1.165, 1.54) is 5.56 Å². The summed E-state index contributed by atoms with van der Waals surface area (Å²) in [6, 6.07) is 5.65. The maximum atomic E-state index is 12.3. The second-order valence-electron chi connectivity index (χ2n) is 5.70. The Balaban J connectivity index is 1.83. The Kier molecular flexibility index (Phi) is 3.37. The normalized spacial score (nSPS) is 23.7. The zero-order valence-electron chi connectivity index (χ0n) is 10.9. The van der Waals surface area contributed by atoms with Crippen molar-refractivity contribution in [2.75, 3.05) is 0 Å². The van der Waals surface area contributed by atoms with Crippen molar-refractivity contribution in [3.63, 3.8) is 0 Å². The molecule has 1 unspecified atom stereocenters. The molecule has 0 amide bonds. The molecule has 2 aliphatic rings. The zero-order chi connectivity index (χ0) is 13.5. The largest absolute Gasteiger partial charge is 0.327 e. The predicted molar refractivity (Wildman–Crippen MR) is 74.4 cm³/mol. The van der Waals surface area contributed by atoms with E-state index in [9.17, 15) is 8.42 Å². The number of benzene rings is 1. The average Bonchev–Trinajstić information content (AvgIpc) is 2.95. The van der Waals surface area contributed by atoms with Gasteiger partial charge in [-0.25, -0.2) is 13.1 Å². The van der Waals surface area contributed by atoms with Gasteiger partial charge in [0.05, 0.1) is 4.90 Å². The molecular formula is C14H20N2O2S. The van der Waals surface area contributed by atoms with E-state index in [2.05, 4.69) is 4.72 Å². The van der Waals surface area contributed by atoms with Gasteiger partial charge >= 0.3 is 0 Å². The molecule has 4 nitrogen and oxygen atoms in total. The molecule has 1 saturated carbocycles. The molecule has 0 bridgehead atoms. The van der Waals surface area contributed by atoms with Gasteiger partial charge in [0.2, 0.25) is 10.0 Å². The highest BCUT2D eigenvalue weighted by atomic mass is 32.2. The Labute approximate surface area is 114 Å². The van der Waals surface area contributed by atoms with Crippen molar-refractivity contribution in [3.05, 3.63) is 29.3 Å². The van der Waals surface area contributed by atoms with Crippen molar-refractivity contribution < 1.29 is 8.42 Å². The topological polar surface area (TPSA) is 72.2 Å². The minimum atomic E-state index is -3.37. The fourth-order valence-corrected chi connectivity index (χ4v) is 4.48. The summed E-state index contributed by atoms with van der Waals surface area (Å²) in [4.78, 5) is 0.382. The first-order chi connectivity index (χ1) is 9.04. The quantitative estimate of drug-likeness (QED) is 0.877. The summed E-state index contributed by atoms with van der Waals surface area (Å²) in [6.45, 7) is 0. The van der Waals surface area contributed by atoms with Gasteiger partial charge in [-0.1, -0.05) is 18.9 Å². The van der Waals surface area contributed by atoms with E-state index in [0.717, 1.165) is 44.1 Å². The third-order valence-electron chi connectivity index (χ3n) is 4.13. The van der Waals surface area contributed by atoms with Gasteiger partial charge in [0.1, 0.15) is 0 Å². The first-order valence-corrected chi connectivity index (χ1v) is 8.42. The van der Waals surface area contributed by atoms with Crippen LogP contribution in [0.2, 0.25) is 0 Å². The molecule has 0 spiro atoms. The molecule has 0 aromatic heterocycles. The molecule has 0 aliphatic heterocycles. The van der Waals surface area contributed by atoms with Gasteiger partial charge in [0.15, 0.2) is 0 Å². The first-order valence-electron chi connectivity index (χ1n) is 6.94. The third-order valence-corrected chi connectivity index (χ3v) is 5.65. The Morgan fingerprint density at radius 3 is 2.53 bits per heavy atom. The monoisotopic (exact) mass is 280 g/mol. The molecule has 1 fully saturated rings. The second kappa shape index (κ2) is 4.89. The highest BCUT2D eigenvalue weighted by Gasteiger charge is 2.25. The van der Waals surface area contributed by atoms with Crippen LogP contribution >= 0.6 is 0 Å². The Morgan fingerprint density at radius 2 is 1.79 bits per heavy atom. The maximum Gasteiger partial charge on any atom is 0.240 e. The van der Waals surface area contributed by atoms with Crippen molar-refractivity contribution in [2.24, 2.45) is 5.73 Å².